The van der Waals surface area contributed by atoms with E-state index in [9.17, 15) is 9.59 Å². The van der Waals surface area contributed by atoms with Gasteiger partial charge < -0.3 is 19.7 Å². The molecule has 0 atom stereocenters. The first kappa shape index (κ1) is 23.3. The van der Waals surface area contributed by atoms with Crippen molar-refractivity contribution in [1.82, 2.24) is 4.90 Å². The number of hydrogen-bond acceptors (Lipinski definition) is 4. The first-order valence-corrected chi connectivity index (χ1v) is 10.3. The van der Waals surface area contributed by atoms with Crippen molar-refractivity contribution in [2.45, 2.75) is 52.7 Å². The van der Waals surface area contributed by atoms with Gasteiger partial charge in [0.05, 0.1) is 13.2 Å². The second-order valence-corrected chi connectivity index (χ2v) is 7.96. The topological polar surface area (TPSA) is 67.9 Å². The lowest BCUT2D eigenvalue weighted by molar-refractivity contribution is -0.116. The maximum Gasteiger partial charge on any atom is 0.410 e. The molecule has 2 rings (SSSR count). The van der Waals surface area contributed by atoms with Crippen LogP contribution in [0.1, 0.15) is 46.1 Å². The van der Waals surface area contributed by atoms with E-state index in [1.807, 2.05) is 82.3 Å². The van der Waals surface area contributed by atoms with E-state index < -0.39 is 5.60 Å². The Labute approximate surface area is 179 Å². The van der Waals surface area contributed by atoms with Gasteiger partial charge in [-0.05, 0) is 57.9 Å². The molecule has 0 aromatic heterocycles. The van der Waals surface area contributed by atoms with Gasteiger partial charge in [0.25, 0.3) is 0 Å². The van der Waals surface area contributed by atoms with Gasteiger partial charge in [-0.3, -0.25) is 4.79 Å². The second kappa shape index (κ2) is 11.2. The highest BCUT2D eigenvalue weighted by atomic mass is 16.6. The molecule has 0 fully saturated rings. The summed E-state index contributed by atoms with van der Waals surface area (Å²) < 4.78 is 11.1. The summed E-state index contributed by atoms with van der Waals surface area (Å²) in [6.07, 6.45) is 0.594. The molecule has 0 aliphatic rings. The lowest BCUT2D eigenvalue weighted by Gasteiger charge is -2.27. The average molecular weight is 413 g/mol. The van der Waals surface area contributed by atoms with Gasteiger partial charge in [-0.1, -0.05) is 36.4 Å². The fraction of sp³-hybridized carbons (Fsp3) is 0.417. The summed E-state index contributed by atoms with van der Waals surface area (Å²) in [5, 5.41) is 2.95. The second-order valence-electron chi connectivity index (χ2n) is 7.96. The SMILES string of the molecule is CCN(Cc1ccccc1NC(=O)CCCOc1ccccc1)C(=O)OC(C)(C)C. The van der Waals surface area contributed by atoms with Gasteiger partial charge in [-0.25, -0.2) is 4.79 Å². The van der Waals surface area contributed by atoms with E-state index in [4.69, 9.17) is 9.47 Å². The molecule has 30 heavy (non-hydrogen) atoms. The van der Waals surface area contributed by atoms with Gasteiger partial charge in [0, 0.05) is 18.7 Å². The third kappa shape index (κ3) is 8.15. The van der Waals surface area contributed by atoms with Gasteiger partial charge >= 0.3 is 6.09 Å². The molecule has 6 heteroatoms. The third-order valence-electron chi connectivity index (χ3n) is 4.25. The molecular formula is C24H32N2O4. The van der Waals surface area contributed by atoms with E-state index in [2.05, 4.69) is 5.32 Å². The van der Waals surface area contributed by atoms with Crippen LogP contribution in [0.3, 0.4) is 0 Å². The molecule has 0 aliphatic carbocycles. The average Bonchev–Trinajstić information content (AvgIpc) is 2.70. The Kier molecular flexibility index (Phi) is 8.71. The minimum atomic E-state index is -0.555. The molecule has 2 aromatic carbocycles. The lowest BCUT2D eigenvalue weighted by atomic mass is 10.1. The first-order chi connectivity index (χ1) is 14.3. The van der Waals surface area contributed by atoms with E-state index in [1.54, 1.807) is 4.90 Å². The summed E-state index contributed by atoms with van der Waals surface area (Å²) in [5.74, 6) is 0.712. The number of carbonyl (C=O) groups excluding carboxylic acids is 2. The summed E-state index contributed by atoms with van der Waals surface area (Å²) in [5.41, 5.74) is 1.01. The van der Waals surface area contributed by atoms with Gasteiger partial charge in [0.2, 0.25) is 5.91 Å². The molecule has 0 spiro atoms. The molecule has 2 amide bonds. The highest BCUT2D eigenvalue weighted by Crippen LogP contribution is 2.19. The predicted octanol–water partition coefficient (Wildman–Crippen LogP) is 5.24. The molecule has 0 radical (unpaired) electrons. The maximum absolute atomic E-state index is 12.4. The van der Waals surface area contributed by atoms with Crippen molar-refractivity contribution < 1.29 is 19.1 Å². The summed E-state index contributed by atoms with van der Waals surface area (Å²) in [4.78, 5) is 26.4. The van der Waals surface area contributed by atoms with E-state index in [1.165, 1.54) is 0 Å². The molecule has 162 valence electrons. The Bertz CT molecular complexity index is 815. The van der Waals surface area contributed by atoms with Crippen molar-refractivity contribution >= 4 is 17.7 Å². The molecule has 0 bridgehead atoms. The molecule has 6 nitrogen and oxygen atoms in total. The largest absolute Gasteiger partial charge is 0.494 e. The number of hydrogen-bond donors (Lipinski definition) is 1. The zero-order valence-electron chi connectivity index (χ0n) is 18.3. The van der Waals surface area contributed by atoms with Crippen LogP contribution in [0.4, 0.5) is 10.5 Å². The molecule has 1 N–H and O–H groups in total. The minimum Gasteiger partial charge on any atom is -0.494 e. The zero-order valence-corrected chi connectivity index (χ0v) is 18.3. The summed E-state index contributed by atoms with van der Waals surface area (Å²) in [6, 6.07) is 17.0. The van der Waals surface area contributed by atoms with E-state index in [0.29, 0.717) is 38.2 Å². The number of nitrogens with one attached hydrogen (secondary N) is 1. The van der Waals surface area contributed by atoms with E-state index in [-0.39, 0.29) is 12.0 Å². The summed E-state index contributed by atoms with van der Waals surface area (Å²) in [6.45, 7) is 8.77. The Morgan fingerprint density at radius 2 is 1.67 bits per heavy atom. The normalized spacial score (nSPS) is 10.9. The van der Waals surface area contributed by atoms with E-state index in [0.717, 1.165) is 11.3 Å². The van der Waals surface area contributed by atoms with Crippen LogP contribution in [0.25, 0.3) is 0 Å². The quantitative estimate of drug-likeness (QED) is 0.572. The smallest absolute Gasteiger partial charge is 0.410 e. The van der Waals surface area contributed by atoms with Crippen LogP contribution in [-0.2, 0) is 16.1 Å². The number of nitrogens with zero attached hydrogens (tertiary/aromatic N) is 1. The van der Waals surface area contributed by atoms with Gasteiger partial charge in [-0.15, -0.1) is 0 Å². The Morgan fingerprint density at radius 3 is 2.33 bits per heavy atom. The molecule has 0 heterocycles. The molecule has 2 aromatic rings. The zero-order chi connectivity index (χ0) is 22.0. The third-order valence-corrected chi connectivity index (χ3v) is 4.25. The number of ether oxygens (including phenoxy) is 2. The van der Waals surface area contributed by atoms with Crippen molar-refractivity contribution in [3.63, 3.8) is 0 Å². The van der Waals surface area contributed by atoms with Gasteiger partial charge in [0.15, 0.2) is 0 Å². The number of para-hydroxylation sites is 2. The minimum absolute atomic E-state index is 0.0839. The fourth-order valence-corrected chi connectivity index (χ4v) is 2.77. The molecule has 0 saturated carbocycles. The van der Waals surface area contributed by atoms with Crippen molar-refractivity contribution in [2.24, 2.45) is 0 Å². The van der Waals surface area contributed by atoms with Crippen LogP contribution in [0.5, 0.6) is 5.75 Å². The highest BCUT2D eigenvalue weighted by Gasteiger charge is 2.22. The molecule has 0 saturated heterocycles. The van der Waals surface area contributed by atoms with Crippen LogP contribution < -0.4 is 10.1 Å². The predicted molar refractivity (Wildman–Crippen MR) is 119 cm³/mol. The Hall–Kier alpha value is -3.02. The van der Waals surface area contributed by atoms with Crippen LogP contribution in [0.2, 0.25) is 0 Å². The van der Waals surface area contributed by atoms with Gasteiger partial charge in [0.1, 0.15) is 11.4 Å². The van der Waals surface area contributed by atoms with Crippen molar-refractivity contribution in [3.8, 4) is 5.75 Å². The Morgan fingerprint density at radius 1 is 1.00 bits per heavy atom. The number of benzene rings is 2. The monoisotopic (exact) mass is 412 g/mol. The number of amides is 2. The number of rotatable bonds is 9. The van der Waals surface area contributed by atoms with Gasteiger partial charge in [-0.2, -0.15) is 0 Å². The van der Waals surface area contributed by atoms with Crippen LogP contribution in [-0.4, -0.2) is 35.7 Å². The van der Waals surface area contributed by atoms with Crippen molar-refractivity contribution in [1.29, 1.82) is 0 Å². The van der Waals surface area contributed by atoms with Crippen molar-refractivity contribution in [3.05, 3.63) is 60.2 Å². The molecule has 0 aliphatic heterocycles. The first-order valence-electron chi connectivity index (χ1n) is 10.3. The number of anilines is 1. The van der Waals surface area contributed by atoms with E-state index >= 15 is 0 Å². The fourth-order valence-electron chi connectivity index (χ4n) is 2.77. The maximum atomic E-state index is 12.4. The standard InChI is InChI=1S/C24H32N2O4/c1-5-26(23(28)30-24(2,3)4)18-19-12-9-10-15-21(19)25-22(27)16-11-17-29-20-13-7-6-8-14-20/h6-10,12-15H,5,11,16-18H2,1-4H3,(H,25,27). The Balaban J connectivity index is 1.89. The molecular weight excluding hydrogens is 380 g/mol. The number of carbonyl (C=O) groups is 2. The highest BCUT2D eigenvalue weighted by molar-refractivity contribution is 5.91. The van der Waals surface area contributed by atoms with Crippen LogP contribution >= 0.6 is 0 Å². The molecule has 0 unspecified atom stereocenters. The lowest BCUT2D eigenvalue weighted by Crippen LogP contribution is -2.36. The van der Waals surface area contributed by atoms with Crippen molar-refractivity contribution in [2.75, 3.05) is 18.5 Å². The summed E-state index contributed by atoms with van der Waals surface area (Å²) >= 11 is 0. The van der Waals surface area contributed by atoms with Crippen LogP contribution in [0.15, 0.2) is 54.6 Å². The van der Waals surface area contributed by atoms with Crippen LogP contribution in [0, 0.1) is 0 Å². The summed E-state index contributed by atoms with van der Waals surface area (Å²) in [7, 11) is 0.